The third-order valence-corrected chi connectivity index (χ3v) is 0.955. The third-order valence-electron chi connectivity index (χ3n) is 0.955. The van der Waals surface area contributed by atoms with Crippen LogP contribution in [0.4, 0.5) is 0 Å². The zero-order valence-electron chi connectivity index (χ0n) is 3.68. The summed E-state index contributed by atoms with van der Waals surface area (Å²) < 4.78 is 0. The molecular weight excluding hydrogens is 95.5 g/mol. The molecule has 0 spiro atoms. The summed E-state index contributed by atoms with van der Waals surface area (Å²) in [6, 6.07) is 0. The summed E-state index contributed by atoms with van der Waals surface area (Å²) in [7, 11) is 0. The molecule has 1 aliphatic carbocycles. The van der Waals surface area contributed by atoms with E-state index in [4.69, 9.17) is 0 Å². The quantitative estimate of drug-likeness (QED) is 0.447. The van der Waals surface area contributed by atoms with Crippen molar-refractivity contribution >= 4 is 12.4 Å². The molecule has 0 unspecified atom stereocenters. The van der Waals surface area contributed by atoms with Gasteiger partial charge in [-0.3, -0.25) is 0 Å². The summed E-state index contributed by atoms with van der Waals surface area (Å²) in [5, 5.41) is 0. The van der Waals surface area contributed by atoms with Gasteiger partial charge in [0.2, 0.25) is 0 Å². The highest BCUT2D eigenvalue weighted by molar-refractivity contribution is 5.85. The number of allylic oxidation sites excluding steroid dienone is 1. The van der Waals surface area contributed by atoms with E-state index in [1.54, 1.807) is 0 Å². The summed E-state index contributed by atoms with van der Waals surface area (Å²) in [4.78, 5) is 0. The molecule has 1 saturated carbocycles. The molecule has 0 bridgehead atoms. The number of rotatable bonds is 1. The molecule has 0 aromatic heterocycles. The van der Waals surface area contributed by atoms with Crippen LogP contribution < -0.4 is 0 Å². The molecule has 0 saturated heterocycles. The van der Waals surface area contributed by atoms with Crippen LogP contribution in [0.1, 0.15) is 12.8 Å². The minimum Gasteiger partial charge on any atom is -0.147 e. The Kier molecular flexibility index (Phi) is 2.26. The van der Waals surface area contributed by atoms with Crippen molar-refractivity contribution in [3.05, 3.63) is 12.7 Å². The standard InChI is InChI=1S/C5H8.ClH/c1-2-5-3-4-5;/h2,5H,1,3-4H2;1H. The van der Waals surface area contributed by atoms with Crippen LogP contribution in [0.25, 0.3) is 0 Å². The number of hydrogen-bond donors (Lipinski definition) is 0. The van der Waals surface area contributed by atoms with Crippen LogP contribution in [0.15, 0.2) is 12.7 Å². The van der Waals surface area contributed by atoms with E-state index in [0.717, 1.165) is 5.92 Å². The molecule has 0 aromatic rings. The van der Waals surface area contributed by atoms with Crippen molar-refractivity contribution < 1.29 is 0 Å². The lowest BCUT2D eigenvalue weighted by atomic mass is 10.4. The molecule has 0 aromatic carbocycles. The van der Waals surface area contributed by atoms with E-state index in [9.17, 15) is 0 Å². The summed E-state index contributed by atoms with van der Waals surface area (Å²) in [5.41, 5.74) is 0. The van der Waals surface area contributed by atoms with Crippen molar-refractivity contribution in [1.82, 2.24) is 0 Å². The van der Waals surface area contributed by atoms with Gasteiger partial charge in [-0.1, -0.05) is 6.08 Å². The maximum atomic E-state index is 3.62. The van der Waals surface area contributed by atoms with Crippen LogP contribution in [-0.2, 0) is 0 Å². The molecule has 0 amide bonds. The normalized spacial score (nSPS) is 18.7. The molecule has 0 N–H and O–H groups in total. The average Bonchev–Trinajstić information content (AvgIpc) is 2.12. The number of halogens is 1. The van der Waals surface area contributed by atoms with Gasteiger partial charge in [0.25, 0.3) is 0 Å². The number of hydrogen-bond acceptors (Lipinski definition) is 0. The Labute approximate surface area is 44.7 Å². The maximum Gasteiger partial charge on any atom is -0.0236 e. The van der Waals surface area contributed by atoms with Gasteiger partial charge in [0.05, 0.1) is 0 Å². The van der Waals surface area contributed by atoms with Crippen LogP contribution in [0.3, 0.4) is 0 Å². The summed E-state index contributed by atoms with van der Waals surface area (Å²) >= 11 is 0. The first-order chi connectivity index (χ1) is 2.43. The van der Waals surface area contributed by atoms with E-state index in [-0.39, 0.29) is 12.4 Å². The third kappa shape index (κ3) is 1.46. The summed E-state index contributed by atoms with van der Waals surface area (Å²) in [6.45, 7) is 3.62. The zero-order valence-corrected chi connectivity index (χ0v) is 4.50. The Hall–Kier alpha value is 0.0300. The molecule has 0 atom stereocenters. The highest BCUT2D eigenvalue weighted by Crippen LogP contribution is 2.28. The molecule has 1 fully saturated rings. The second kappa shape index (κ2) is 2.25. The molecule has 0 heterocycles. The highest BCUT2D eigenvalue weighted by atomic mass is 35.5. The lowest BCUT2D eigenvalue weighted by Gasteiger charge is -1.63. The fraction of sp³-hybridized carbons (Fsp3) is 0.600. The first-order valence-electron chi connectivity index (χ1n) is 2.06. The van der Waals surface area contributed by atoms with E-state index in [1.165, 1.54) is 12.8 Å². The second-order valence-electron chi connectivity index (χ2n) is 1.57. The zero-order chi connectivity index (χ0) is 3.70. The highest BCUT2D eigenvalue weighted by Gasteiger charge is 2.15. The predicted molar refractivity (Wildman–Crippen MR) is 30.2 cm³/mol. The molecular formula is C5H9Cl. The fourth-order valence-electron chi connectivity index (χ4n) is 0.332. The van der Waals surface area contributed by atoms with Gasteiger partial charge in [0.1, 0.15) is 0 Å². The summed E-state index contributed by atoms with van der Waals surface area (Å²) in [5.74, 6) is 0.898. The fourth-order valence-corrected chi connectivity index (χ4v) is 0.332. The van der Waals surface area contributed by atoms with Crippen molar-refractivity contribution in [3.63, 3.8) is 0 Å². The molecule has 0 aliphatic heterocycles. The van der Waals surface area contributed by atoms with Gasteiger partial charge in [-0.2, -0.15) is 0 Å². The molecule has 6 heavy (non-hydrogen) atoms. The van der Waals surface area contributed by atoms with Gasteiger partial charge >= 0.3 is 0 Å². The Bertz CT molecular complexity index is 45.9. The van der Waals surface area contributed by atoms with Gasteiger partial charge < -0.3 is 0 Å². The Morgan fingerprint density at radius 3 is 2.00 bits per heavy atom. The minimum atomic E-state index is 0. The lowest BCUT2D eigenvalue weighted by molar-refractivity contribution is 1.13. The first-order valence-corrected chi connectivity index (χ1v) is 2.06. The van der Waals surface area contributed by atoms with E-state index >= 15 is 0 Å². The van der Waals surface area contributed by atoms with Crippen molar-refractivity contribution in [2.75, 3.05) is 0 Å². The van der Waals surface area contributed by atoms with Gasteiger partial charge in [0.15, 0.2) is 0 Å². The Morgan fingerprint density at radius 2 is 2.00 bits per heavy atom. The predicted octanol–water partition coefficient (Wildman–Crippen LogP) is 2.00. The van der Waals surface area contributed by atoms with Gasteiger partial charge in [-0.25, -0.2) is 0 Å². The SMILES string of the molecule is C=CC1CC1.Cl. The van der Waals surface area contributed by atoms with Gasteiger partial charge in [-0.05, 0) is 18.8 Å². The van der Waals surface area contributed by atoms with E-state index in [1.807, 2.05) is 6.08 Å². The Morgan fingerprint density at radius 1 is 1.50 bits per heavy atom. The summed E-state index contributed by atoms with van der Waals surface area (Å²) in [6.07, 6.45) is 4.81. The second-order valence-corrected chi connectivity index (χ2v) is 1.57. The molecule has 0 radical (unpaired) electrons. The van der Waals surface area contributed by atoms with Crippen molar-refractivity contribution in [3.8, 4) is 0 Å². The molecule has 36 valence electrons. The molecule has 1 aliphatic rings. The van der Waals surface area contributed by atoms with Gasteiger partial charge in [0, 0.05) is 0 Å². The smallest absolute Gasteiger partial charge is 0.0236 e. The van der Waals surface area contributed by atoms with Crippen molar-refractivity contribution in [2.45, 2.75) is 12.8 Å². The van der Waals surface area contributed by atoms with Crippen molar-refractivity contribution in [2.24, 2.45) is 5.92 Å². The van der Waals surface area contributed by atoms with Crippen LogP contribution >= 0.6 is 12.4 Å². The maximum absolute atomic E-state index is 3.62. The topological polar surface area (TPSA) is 0 Å². The Balaban J connectivity index is 0.000000250. The average molecular weight is 105 g/mol. The minimum absolute atomic E-state index is 0. The van der Waals surface area contributed by atoms with Crippen LogP contribution in [-0.4, -0.2) is 0 Å². The molecule has 1 heteroatoms. The first kappa shape index (κ1) is 6.03. The van der Waals surface area contributed by atoms with E-state index in [0.29, 0.717) is 0 Å². The molecule has 1 rings (SSSR count). The van der Waals surface area contributed by atoms with Gasteiger partial charge in [-0.15, -0.1) is 19.0 Å². The van der Waals surface area contributed by atoms with Crippen LogP contribution in [0.5, 0.6) is 0 Å². The molecule has 0 nitrogen and oxygen atoms in total. The monoisotopic (exact) mass is 104 g/mol. The van der Waals surface area contributed by atoms with E-state index < -0.39 is 0 Å². The van der Waals surface area contributed by atoms with E-state index in [2.05, 4.69) is 6.58 Å². The van der Waals surface area contributed by atoms with Crippen molar-refractivity contribution in [1.29, 1.82) is 0 Å². The van der Waals surface area contributed by atoms with Crippen LogP contribution in [0.2, 0.25) is 0 Å². The van der Waals surface area contributed by atoms with Crippen LogP contribution in [0, 0.1) is 5.92 Å². The largest absolute Gasteiger partial charge is 0.147 e. The lowest BCUT2D eigenvalue weighted by Crippen LogP contribution is -1.50.